The van der Waals surface area contributed by atoms with Crippen LogP contribution in [0.5, 0.6) is 0 Å². The molecule has 2 aromatic heterocycles. The number of hydrogen-bond acceptors (Lipinski definition) is 4. The fraction of sp³-hybridized carbons (Fsp3) is 0.524. The molecule has 0 bridgehead atoms. The molecule has 5 nitrogen and oxygen atoms in total. The Kier molecular flexibility index (Phi) is 6.37. The fourth-order valence-electron chi connectivity index (χ4n) is 3.80. The monoisotopic (exact) mass is 388 g/mol. The highest BCUT2D eigenvalue weighted by Crippen LogP contribution is 2.24. The van der Waals surface area contributed by atoms with Crippen LogP contribution >= 0.6 is 11.3 Å². The van der Waals surface area contributed by atoms with Gasteiger partial charge in [0.15, 0.2) is 6.61 Å². The SMILES string of the molecule is Cc1cc(C(=O)OCC(=O)N[C@H]2CCCC[C@@H]2C)c(C)n1Cc1cccs1. The van der Waals surface area contributed by atoms with Crippen LogP contribution in [0.15, 0.2) is 23.6 Å². The number of aryl methyl sites for hydroxylation is 1. The summed E-state index contributed by atoms with van der Waals surface area (Å²) in [6.07, 6.45) is 4.51. The zero-order valence-electron chi connectivity index (χ0n) is 16.3. The van der Waals surface area contributed by atoms with Crippen molar-refractivity contribution in [3.05, 3.63) is 45.4 Å². The average Bonchev–Trinajstić information content (AvgIpc) is 3.25. The van der Waals surface area contributed by atoms with Crippen LogP contribution in [-0.4, -0.2) is 29.1 Å². The Morgan fingerprint density at radius 1 is 1.30 bits per heavy atom. The molecule has 2 aromatic rings. The van der Waals surface area contributed by atoms with Gasteiger partial charge in [0.05, 0.1) is 12.1 Å². The lowest BCUT2D eigenvalue weighted by Gasteiger charge is -2.29. The molecule has 1 saturated carbocycles. The van der Waals surface area contributed by atoms with Gasteiger partial charge in [-0.3, -0.25) is 4.79 Å². The molecule has 1 aliphatic rings. The van der Waals surface area contributed by atoms with Crippen LogP contribution in [0.2, 0.25) is 0 Å². The van der Waals surface area contributed by atoms with Crippen molar-refractivity contribution >= 4 is 23.2 Å². The minimum Gasteiger partial charge on any atom is -0.452 e. The van der Waals surface area contributed by atoms with Crippen LogP contribution in [0, 0.1) is 19.8 Å². The molecular weight excluding hydrogens is 360 g/mol. The van der Waals surface area contributed by atoms with E-state index in [1.807, 2.05) is 31.4 Å². The first-order valence-corrected chi connectivity index (χ1v) is 10.5. The lowest BCUT2D eigenvalue weighted by atomic mass is 9.86. The zero-order valence-corrected chi connectivity index (χ0v) is 17.1. The van der Waals surface area contributed by atoms with Crippen LogP contribution in [0.4, 0.5) is 0 Å². The molecule has 6 heteroatoms. The predicted octanol–water partition coefficient (Wildman–Crippen LogP) is 4.07. The molecule has 1 aliphatic carbocycles. The van der Waals surface area contributed by atoms with E-state index in [0.29, 0.717) is 11.5 Å². The third-order valence-corrected chi connectivity index (χ3v) is 6.34. The number of rotatable bonds is 6. The highest BCUT2D eigenvalue weighted by atomic mass is 32.1. The summed E-state index contributed by atoms with van der Waals surface area (Å²) in [6, 6.07) is 6.14. The Hall–Kier alpha value is -2.08. The number of amides is 1. The molecule has 3 rings (SSSR count). The third kappa shape index (κ3) is 4.80. The van der Waals surface area contributed by atoms with Gasteiger partial charge in [-0.1, -0.05) is 25.8 Å². The molecule has 2 atom stereocenters. The van der Waals surface area contributed by atoms with Gasteiger partial charge >= 0.3 is 5.97 Å². The molecular formula is C21H28N2O3S. The molecule has 2 heterocycles. The number of esters is 1. The lowest BCUT2D eigenvalue weighted by Crippen LogP contribution is -2.42. The van der Waals surface area contributed by atoms with Crippen LogP contribution in [0.3, 0.4) is 0 Å². The molecule has 0 unspecified atom stereocenters. The second-order valence-corrected chi connectivity index (χ2v) is 8.49. The van der Waals surface area contributed by atoms with Crippen LogP contribution in [0.25, 0.3) is 0 Å². The number of carbonyl (C=O) groups excluding carboxylic acids is 2. The van der Waals surface area contributed by atoms with Gasteiger partial charge in [0.25, 0.3) is 5.91 Å². The van der Waals surface area contributed by atoms with E-state index in [9.17, 15) is 9.59 Å². The van der Waals surface area contributed by atoms with Gasteiger partial charge in [-0.25, -0.2) is 4.79 Å². The molecule has 0 aliphatic heterocycles. The fourth-order valence-corrected chi connectivity index (χ4v) is 4.49. The number of aromatic nitrogens is 1. The molecule has 0 saturated heterocycles. The standard InChI is InChI=1S/C21H28N2O3S/c1-14-7-4-5-9-19(14)22-20(24)13-26-21(25)18-11-15(2)23(16(18)3)12-17-8-6-10-27-17/h6,8,10-11,14,19H,4-5,7,9,12-13H2,1-3H3,(H,22,24)/t14-,19-/m0/s1. The van der Waals surface area contributed by atoms with E-state index < -0.39 is 5.97 Å². The van der Waals surface area contributed by atoms with Crippen LogP contribution in [-0.2, 0) is 16.1 Å². The maximum atomic E-state index is 12.5. The van der Waals surface area contributed by atoms with Gasteiger partial charge in [-0.05, 0) is 50.1 Å². The molecule has 146 valence electrons. The van der Waals surface area contributed by atoms with E-state index in [-0.39, 0.29) is 18.6 Å². The van der Waals surface area contributed by atoms with E-state index in [2.05, 4.69) is 22.9 Å². The summed E-state index contributed by atoms with van der Waals surface area (Å²) in [4.78, 5) is 25.9. The topological polar surface area (TPSA) is 60.3 Å². The van der Waals surface area contributed by atoms with Crippen molar-refractivity contribution in [3.8, 4) is 0 Å². The lowest BCUT2D eigenvalue weighted by molar-refractivity contribution is -0.125. The predicted molar refractivity (Wildman–Crippen MR) is 107 cm³/mol. The molecule has 1 fully saturated rings. The number of thiophene rings is 1. The van der Waals surface area contributed by atoms with Crippen molar-refractivity contribution < 1.29 is 14.3 Å². The van der Waals surface area contributed by atoms with Crippen molar-refractivity contribution in [2.24, 2.45) is 5.92 Å². The normalized spacial score (nSPS) is 19.7. The first-order valence-electron chi connectivity index (χ1n) is 9.61. The summed E-state index contributed by atoms with van der Waals surface area (Å²) < 4.78 is 7.39. The summed E-state index contributed by atoms with van der Waals surface area (Å²) in [7, 11) is 0. The van der Waals surface area contributed by atoms with E-state index in [0.717, 1.165) is 37.2 Å². The second kappa shape index (κ2) is 8.74. The molecule has 1 N–H and O–H groups in total. The van der Waals surface area contributed by atoms with Crippen LogP contribution in [0.1, 0.15) is 59.2 Å². The molecule has 27 heavy (non-hydrogen) atoms. The van der Waals surface area contributed by atoms with E-state index in [4.69, 9.17) is 4.74 Å². The molecule has 0 aromatic carbocycles. The number of nitrogens with zero attached hydrogens (tertiary/aromatic N) is 1. The van der Waals surface area contributed by atoms with Crippen molar-refractivity contribution in [1.82, 2.24) is 9.88 Å². The van der Waals surface area contributed by atoms with E-state index in [1.165, 1.54) is 11.3 Å². The maximum absolute atomic E-state index is 12.5. The Morgan fingerprint density at radius 3 is 2.78 bits per heavy atom. The Morgan fingerprint density at radius 2 is 2.07 bits per heavy atom. The van der Waals surface area contributed by atoms with Crippen molar-refractivity contribution in [1.29, 1.82) is 0 Å². The number of ether oxygens (including phenoxy) is 1. The second-order valence-electron chi connectivity index (χ2n) is 7.46. The van der Waals surface area contributed by atoms with Crippen molar-refractivity contribution in [3.63, 3.8) is 0 Å². The number of hydrogen-bond donors (Lipinski definition) is 1. The summed E-state index contributed by atoms with van der Waals surface area (Å²) in [6.45, 7) is 6.58. The molecule has 0 spiro atoms. The Labute approximate surface area is 164 Å². The minimum atomic E-state index is -0.438. The largest absolute Gasteiger partial charge is 0.452 e. The summed E-state index contributed by atoms with van der Waals surface area (Å²) in [5, 5.41) is 5.06. The highest BCUT2D eigenvalue weighted by Gasteiger charge is 2.24. The summed E-state index contributed by atoms with van der Waals surface area (Å²) >= 11 is 1.69. The van der Waals surface area contributed by atoms with Crippen molar-refractivity contribution in [2.75, 3.05) is 6.61 Å². The number of carbonyl (C=O) groups is 2. The van der Waals surface area contributed by atoms with Gasteiger partial charge in [-0.15, -0.1) is 11.3 Å². The summed E-state index contributed by atoms with van der Waals surface area (Å²) in [5.74, 6) is -0.170. The van der Waals surface area contributed by atoms with E-state index >= 15 is 0 Å². The highest BCUT2D eigenvalue weighted by molar-refractivity contribution is 7.09. The van der Waals surface area contributed by atoms with Crippen molar-refractivity contribution in [2.45, 2.75) is 59.0 Å². The maximum Gasteiger partial charge on any atom is 0.340 e. The average molecular weight is 389 g/mol. The first kappa shape index (κ1) is 19.7. The van der Waals surface area contributed by atoms with Crippen LogP contribution < -0.4 is 5.32 Å². The minimum absolute atomic E-state index is 0.195. The number of nitrogens with one attached hydrogen (secondary N) is 1. The van der Waals surface area contributed by atoms with Gasteiger partial charge in [0, 0.05) is 22.3 Å². The van der Waals surface area contributed by atoms with Gasteiger partial charge < -0.3 is 14.6 Å². The molecule has 1 amide bonds. The Bertz CT molecular complexity index is 795. The van der Waals surface area contributed by atoms with E-state index in [1.54, 1.807) is 11.3 Å². The van der Waals surface area contributed by atoms with Gasteiger partial charge in [-0.2, -0.15) is 0 Å². The smallest absolute Gasteiger partial charge is 0.340 e. The zero-order chi connectivity index (χ0) is 19.4. The first-order chi connectivity index (χ1) is 13.0. The van der Waals surface area contributed by atoms with Gasteiger partial charge in [0.1, 0.15) is 0 Å². The third-order valence-electron chi connectivity index (χ3n) is 5.48. The summed E-state index contributed by atoms with van der Waals surface area (Å²) in [5.41, 5.74) is 2.41. The Balaban J connectivity index is 1.57. The van der Waals surface area contributed by atoms with Gasteiger partial charge in [0.2, 0.25) is 0 Å². The molecule has 0 radical (unpaired) electrons. The quantitative estimate of drug-likeness (QED) is 0.759.